The molecule has 32 heavy (non-hydrogen) atoms. The Kier molecular flexibility index (Phi) is 11.7. The Morgan fingerprint density at radius 2 is 1.94 bits per heavy atom. The predicted octanol–water partition coefficient (Wildman–Crippen LogP) is 4.46. The molecule has 2 aromatic rings. The van der Waals surface area contributed by atoms with Gasteiger partial charge in [0.2, 0.25) is 0 Å². The van der Waals surface area contributed by atoms with Crippen LogP contribution in [0.3, 0.4) is 0 Å². The first kappa shape index (κ1) is 26.9. The Balaban J connectivity index is 0.00000363. The Morgan fingerprint density at radius 3 is 2.59 bits per heavy atom. The Bertz CT molecular complexity index is 829. The van der Waals surface area contributed by atoms with E-state index in [1.165, 1.54) is 29.9 Å². The lowest BCUT2D eigenvalue weighted by molar-refractivity contribution is 0.253. The van der Waals surface area contributed by atoms with Gasteiger partial charge in [-0.25, -0.2) is 4.98 Å². The van der Waals surface area contributed by atoms with Gasteiger partial charge in [-0.1, -0.05) is 26.0 Å². The molecule has 0 saturated carbocycles. The van der Waals surface area contributed by atoms with E-state index < -0.39 is 0 Å². The van der Waals surface area contributed by atoms with Gasteiger partial charge in [-0.2, -0.15) is 0 Å². The van der Waals surface area contributed by atoms with E-state index >= 15 is 0 Å². The second-order valence-electron chi connectivity index (χ2n) is 8.55. The molecule has 178 valence electrons. The first-order valence-electron chi connectivity index (χ1n) is 11.5. The zero-order chi connectivity index (χ0) is 22.1. The number of aliphatic imine (C=N–C) groups is 1. The maximum atomic E-state index is 4.67. The standard InChI is InChI=1S/C24H38N6S.HI/c1-19(2)22-18-31-23(28-22)17-27-24(25-4)26-10-5-6-11-29-12-14-30(15-13-29)21-9-7-8-20(3)16-21;/h7-9,16,18-19H,5-6,10-15,17H2,1-4H3,(H2,25,26,27);1H. The number of thiazole rings is 1. The Hall–Kier alpha value is -1.39. The van der Waals surface area contributed by atoms with Gasteiger partial charge in [0.15, 0.2) is 5.96 Å². The number of rotatable bonds is 9. The van der Waals surface area contributed by atoms with Gasteiger partial charge < -0.3 is 15.5 Å². The van der Waals surface area contributed by atoms with Crippen molar-refractivity contribution in [3.05, 3.63) is 45.9 Å². The largest absolute Gasteiger partial charge is 0.369 e. The summed E-state index contributed by atoms with van der Waals surface area (Å²) >= 11 is 1.71. The number of halogens is 1. The number of unbranched alkanes of at least 4 members (excludes halogenated alkanes) is 1. The van der Waals surface area contributed by atoms with Crippen LogP contribution in [0.1, 0.15) is 48.9 Å². The van der Waals surface area contributed by atoms with Crippen molar-refractivity contribution >= 4 is 47.0 Å². The normalized spacial score (nSPS) is 15.0. The molecule has 0 unspecified atom stereocenters. The zero-order valence-corrected chi connectivity index (χ0v) is 23.1. The summed E-state index contributed by atoms with van der Waals surface area (Å²) in [6.45, 7) is 13.9. The summed E-state index contributed by atoms with van der Waals surface area (Å²) in [4.78, 5) is 14.1. The number of nitrogens with one attached hydrogen (secondary N) is 2. The number of aromatic nitrogens is 1. The topological polar surface area (TPSA) is 55.8 Å². The summed E-state index contributed by atoms with van der Waals surface area (Å²) in [5.41, 5.74) is 3.87. The molecular weight excluding hydrogens is 531 g/mol. The molecule has 1 aliphatic rings. The zero-order valence-electron chi connectivity index (χ0n) is 19.9. The number of guanidine groups is 1. The summed E-state index contributed by atoms with van der Waals surface area (Å²) in [7, 11) is 1.82. The molecule has 3 rings (SSSR count). The lowest BCUT2D eigenvalue weighted by Crippen LogP contribution is -2.46. The minimum atomic E-state index is 0. The SMILES string of the molecule is CN=C(NCCCCN1CCN(c2cccc(C)c2)CC1)NCc1nc(C(C)C)cs1.I. The molecule has 2 heterocycles. The van der Waals surface area contributed by atoms with Crippen molar-refractivity contribution in [2.24, 2.45) is 4.99 Å². The van der Waals surface area contributed by atoms with E-state index in [-0.39, 0.29) is 24.0 Å². The van der Waals surface area contributed by atoms with Gasteiger partial charge in [0, 0.05) is 50.8 Å². The highest BCUT2D eigenvalue weighted by molar-refractivity contribution is 14.0. The third-order valence-corrected chi connectivity index (χ3v) is 6.59. The van der Waals surface area contributed by atoms with E-state index in [9.17, 15) is 0 Å². The van der Waals surface area contributed by atoms with Gasteiger partial charge in [-0.15, -0.1) is 35.3 Å². The molecule has 1 fully saturated rings. The Labute approximate surface area is 214 Å². The molecule has 0 bridgehead atoms. The quantitative estimate of drug-likeness (QED) is 0.202. The lowest BCUT2D eigenvalue weighted by atomic mass is 10.2. The minimum Gasteiger partial charge on any atom is -0.369 e. The fourth-order valence-corrected chi connectivity index (χ4v) is 4.67. The van der Waals surface area contributed by atoms with E-state index in [1.54, 1.807) is 11.3 Å². The van der Waals surface area contributed by atoms with Crippen LogP contribution >= 0.6 is 35.3 Å². The predicted molar refractivity (Wildman–Crippen MR) is 149 cm³/mol. The summed E-state index contributed by atoms with van der Waals surface area (Å²) in [5.74, 6) is 1.33. The first-order chi connectivity index (χ1) is 15.0. The lowest BCUT2D eigenvalue weighted by Gasteiger charge is -2.36. The summed E-state index contributed by atoms with van der Waals surface area (Å²) in [6.07, 6.45) is 2.35. The average Bonchev–Trinajstić information content (AvgIpc) is 3.25. The highest BCUT2D eigenvalue weighted by atomic mass is 127. The number of benzene rings is 1. The van der Waals surface area contributed by atoms with Crippen molar-refractivity contribution in [3.63, 3.8) is 0 Å². The van der Waals surface area contributed by atoms with E-state index in [2.05, 4.69) is 80.8 Å². The van der Waals surface area contributed by atoms with Crippen LogP contribution < -0.4 is 15.5 Å². The molecule has 1 saturated heterocycles. The summed E-state index contributed by atoms with van der Waals surface area (Å²) < 4.78 is 0. The van der Waals surface area contributed by atoms with Gasteiger partial charge in [0.1, 0.15) is 5.01 Å². The van der Waals surface area contributed by atoms with Gasteiger partial charge in [0.25, 0.3) is 0 Å². The third-order valence-electron chi connectivity index (χ3n) is 5.72. The van der Waals surface area contributed by atoms with E-state index in [4.69, 9.17) is 0 Å². The van der Waals surface area contributed by atoms with Crippen molar-refractivity contribution < 1.29 is 0 Å². The number of piperazine rings is 1. The maximum absolute atomic E-state index is 4.67. The molecule has 1 aromatic heterocycles. The van der Waals surface area contributed by atoms with Crippen LogP contribution in [-0.2, 0) is 6.54 Å². The van der Waals surface area contributed by atoms with Crippen LogP contribution in [0.2, 0.25) is 0 Å². The molecule has 1 aliphatic heterocycles. The highest BCUT2D eigenvalue weighted by Crippen LogP contribution is 2.18. The second kappa shape index (κ2) is 14.0. The smallest absolute Gasteiger partial charge is 0.191 e. The second-order valence-corrected chi connectivity index (χ2v) is 9.49. The van der Waals surface area contributed by atoms with E-state index in [0.29, 0.717) is 5.92 Å². The molecule has 0 spiro atoms. The highest BCUT2D eigenvalue weighted by Gasteiger charge is 2.16. The molecule has 1 aromatic carbocycles. The van der Waals surface area contributed by atoms with Crippen LogP contribution in [-0.4, -0.2) is 62.2 Å². The van der Waals surface area contributed by atoms with Crippen molar-refractivity contribution in [1.82, 2.24) is 20.5 Å². The van der Waals surface area contributed by atoms with Crippen molar-refractivity contribution in [3.8, 4) is 0 Å². The summed E-state index contributed by atoms with van der Waals surface area (Å²) in [6, 6.07) is 8.85. The van der Waals surface area contributed by atoms with Gasteiger partial charge in [-0.3, -0.25) is 9.89 Å². The Morgan fingerprint density at radius 1 is 1.16 bits per heavy atom. The van der Waals surface area contributed by atoms with E-state index in [0.717, 1.165) is 56.7 Å². The van der Waals surface area contributed by atoms with Crippen molar-refractivity contribution in [2.75, 3.05) is 51.2 Å². The first-order valence-corrected chi connectivity index (χ1v) is 12.4. The minimum absolute atomic E-state index is 0. The van der Waals surface area contributed by atoms with Gasteiger partial charge >= 0.3 is 0 Å². The maximum Gasteiger partial charge on any atom is 0.191 e. The van der Waals surface area contributed by atoms with Gasteiger partial charge in [-0.05, 0) is 49.9 Å². The fourth-order valence-electron chi connectivity index (χ4n) is 3.77. The van der Waals surface area contributed by atoms with Crippen LogP contribution in [0.4, 0.5) is 5.69 Å². The van der Waals surface area contributed by atoms with Crippen LogP contribution in [0, 0.1) is 6.92 Å². The number of hydrogen-bond donors (Lipinski definition) is 2. The molecular formula is C24H39IN6S. The van der Waals surface area contributed by atoms with Crippen molar-refractivity contribution in [1.29, 1.82) is 0 Å². The van der Waals surface area contributed by atoms with Crippen LogP contribution in [0.15, 0.2) is 34.6 Å². The van der Waals surface area contributed by atoms with Crippen molar-refractivity contribution in [2.45, 2.75) is 46.1 Å². The molecule has 0 aliphatic carbocycles. The molecule has 0 atom stereocenters. The van der Waals surface area contributed by atoms with Crippen LogP contribution in [0.5, 0.6) is 0 Å². The fraction of sp³-hybridized carbons (Fsp3) is 0.583. The van der Waals surface area contributed by atoms with Crippen LogP contribution in [0.25, 0.3) is 0 Å². The van der Waals surface area contributed by atoms with E-state index in [1.807, 2.05) is 7.05 Å². The number of nitrogens with zero attached hydrogens (tertiary/aromatic N) is 4. The number of anilines is 1. The summed E-state index contributed by atoms with van der Waals surface area (Å²) in [5, 5.41) is 10.1. The third kappa shape index (κ3) is 8.51. The monoisotopic (exact) mass is 570 g/mol. The molecule has 6 nitrogen and oxygen atoms in total. The molecule has 0 amide bonds. The number of hydrogen-bond acceptors (Lipinski definition) is 5. The molecule has 2 N–H and O–H groups in total. The molecule has 0 radical (unpaired) electrons. The number of aryl methyl sites for hydroxylation is 1. The molecule has 8 heteroatoms. The average molecular weight is 571 g/mol. The van der Waals surface area contributed by atoms with Gasteiger partial charge in [0.05, 0.1) is 12.2 Å².